The van der Waals surface area contributed by atoms with Crippen LogP contribution in [0, 0.1) is 11.3 Å². The van der Waals surface area contributed by atoms with Gasteiger partial charge in [0.05, 0.1) is 14.2 Å². The Morgan fingerprint density at radius 1 is 1.12 bits per heavy atom. The zero-order valence-electron chi connectivity index (χ0n) is 13.9. The number of methoxy groups -OCH3 is 2. The van der Waals surface area contributed by atoms with Crippen LogP contribution in [-0.4, -0.2) is 25.0 Å². The lowest BCUT2D eigenvalue weighted by molar-refractivity contribution is 0.104. The number of nitriles is 1. The van der Waals surface area contributed by atoms with Crippen molar-refractivity contribution < 1.29 is 14.3 Å². The third kappa shape index (κ3) is 3.24. The van der Waals surface area contributed by atoms with Gasteiger partial charge >= 0.3 is 0 Å². The van der Waals surface area contributed by atoms with Crippen molar-refractivity contribution in [2.75, 3.05) is 14.2 Å². The quantitative estimate of drug-likeness (QED) is 0.436. The second-order valence-electron chi connectivity index (χ2n) is 5.39. The van der Waals surface area contributed by atoms with Gasteiger partial charge in [0.1, 0.15) is 23.1 Å². The van der Waals surface area contributed by atoms with Crippen molar-refractivity contribution in [3.63, 3.8) is 0 Å². The summed E-state index contributed by atoms with van der Waals surface area (Å²) in [7, 11) is 3.14. The van der Waals surface area contributed by atoms with Crippen molar-refractivity contribution in [3.05, 3.63) is 65.4 Å². The molecule has 0 saturated heterocycles. The number of rotatable bonds is 5. The molecule has 2 aromatic carbocycles. The van der Waals surface area contributed by atoms with Gasteiger partial charge < -0.3 is 14.5 Å². The third-order valence-corrected chi connectivity index (χ3v) is 3.90. The maximum atomic E-state index is 12.8. The number of ketones is 1. The second-order valence-corrected chi connectivity index (χ2v) is 5.39. The predicted octanol–water partition coefficient (Wildman–Crippen LogP) is 3.97. The molecule has 0 fully saturated rings. The summed E-state index contributed by atoms with van der Waals surface area (Å²) < 4.78 is 10.4. The minimum Gasteiger partial charge on any atom is -0.497 e. The summed E-state index contributed by atoms with van der Waals surface area (Å²) in [5.74, 6) is 0.969. The van der Waals surface area contributed by atoms with Crippen LogP contribution in [0.4, 0.5) is 0 Å². The summed E-state index contributed by atoms with van der Waals surface area (Å²) in [5.41, 5.74) is 2.02. The van der Waals surface area contributed by atoms with Crippen LogP contribution in [-0.2, 0) is 0 Å². The number of fused-ring (bicyclic) bond motifs is 1. The molecule has 1 aromatic heterocycles. The van der Waals surface area contributed by atoms with Crippen LogP contribution in [0.3, 0.4) is 0 Å². The molecule has 0 aliphatic carbocycles. The molecule has 0 unspecified atom stereocenters. The average molecular weight is 332 g/mol. The van der Waals surface area contributed by atoms with Crippen molar-refractivity contribution in [1.82, 2.24) is 4.98 Å². The lowest BCUT2D eigenvalue weighted by atomic mass is 10.0. The van der Waals surface area contributed by atoms with Gasteiger partial charge in [0.2, 0.25) is 5.78 Å². The monoisotopic (exact) mass is 332 g/mol. The third-order valence-electron chi connectivity index (χ3n) is 3.90. The summed E-state index contributed by atoms with van der Waals surface area (Å²) in [6.45, 7) is 0. The summed E-state index contributed by atoms with van der Waals surface area (Å²) in [5, 5.41) is 10.2. The number of H-pyrrole nitrogens is 1. The van der Waals surface area contributed by atoms with Gasteiger partial charge in [-0.25, -0.2) is 0 Å². The van der Waals surface area contributed by atoms with Gasteiger partial charge in [0, 0.05) is 22.7 Å². The highest BCUT2D eigenvalue weighted by atomic mass is 16.5. The van der Waals surface area contributed by atoms with E-state index in [0.29, 0.717) is 17.1 Å². The van der Waals surface area contributed by atoms with Gasteiger partial charge in [0.25, 0.3) is 0 Å². The number of aromatic amines is 1. The Labute approximate surface area is 145 Å². The Hall–Kier alpha value is -3.52. The first kappa shape index (κ1) is 16.3. The van der Waals surface area contributed by atoms with Gasteiger partial charge in [-0.15, -0.1) is 0 Å². The van der Waals surface area contributed by atoms with E-state index in [1.165, 1.54) is 0 Å². The molecule has 0 spiro atoms. The van der Waals surface area contributed by atoms with E-state index in [-0.39, 0.29) is 11.4 Å². The molecule has 0 aliphatic rings. The van der Waals surface area contributed by atoms with Crippen LogP contribution in [0.2, 0.25) is 0 Å². The Morgan fingerprint density at radius 3 is 2.60 bits per heavy atom. The number of hydrogen-bond acceptors (Lipinski definition) is 4. The number of benzene rings is 2. The summed E-state index contributed by atoms with van der Waals surface area (Å²) in [4.78, 5) is 15.9. The fourth-order valence-electron chi connectivity index (χ4n) is 2.61. The molecule has 0 amide bonds. The standard InChI is InChI=1S/C20H16N2O3/c1-24-15-5-3-4-13(9-15)8-14(11-21)20(23)18-12-22-19-7-6-16(25-2)10-17(18)19/h3-10,12,22H,1-2H3. The normalized spacial score (nSPS) is 11.2. The number of nitrogens with zero attached hydrogens (tertiary/aromatic N) is 1. The van der Waals surface area contributed by atoms with Crippen LogP contribution in [0.5, 0.6) is 11.5 Å². The second kappa shape index (κ2) is 6.93. The number of carbonyl (C=O) groups is 1. The van der Waals surface area contributed by atoms with E-state index in [2.05, 4.69) is 4.98 Å². The van der Waals surface area contributed by atoms with Gasteiger partial charge in [-0.3, -0.25) is 4.79 Å². The minimum absolute atomic E-state index is 0.0528. The first-order valence-corrected chi connectivity index (χ1v) is 7.62. The van der Waals surface area contributed by atoms with Crippen LogP contribution in [0.15, 0.2) is 54.2 Å². The van der Waals surface area contributed by atoms with E-state index in [4.69, 9.17) is 9.47 Å². The van der Waals surface area contributed by atoms with E-state index in [1.54, 1.807) is 50.8 Å². The molecular weight excluding hydrogens is 316 g/mol. The first-order chi connectivity index (χ1) is 12.2. The van der Waals surface area contributed by atoms with E-state index in [0.717, 1.165) is 16.5 Å². The van der Waals surface area contributed by atoms with Crippen molar-refractivity contribution in [2.45, 2.75) is 0 Å². The number of carbonyl (C=O) groups excluding carboxylic acids is 1. The fourth-order valence-corrected chi connectivity index (χ4v) is 2.61. The molecule has 0 atom stereocenters. The van der Waals surface area contributed by atoms with Crippen LogP contribution in [0.1, 0.15) is 15.9 Å². The molecule has 25 heavy (non-hydrogen) atoms. The van der Waals surface area contributed by atoms with E-state index >= 15 is 0 Å². The van der Waals surface area contributed by atoms with Crippen LogP contribution in [0.25, 0.3) is 17.0 Å². The Balaban J connectivity index is 2.03. The number of aromatic nitrogens is 1. The summed E-state index contributed by atoms with van der Waals surface area (Å²) in [6, 6.07) is 14.6. The molecule has 1 N–H and O–H groups in total. The zero-order chi connectivity index (χ0) is 17.8. The summed E-state index contributed by atoms with van der Waals surface area (Å²) in [6.07, 6.45) is 3.17. The molecular formula is C20H16N2O3. The molecule has 5 nitrogen and oxygen atoms in total. The van der Waals surface area contributed by atoms with E-state index in [1.807, 2.05) is 24.3 Å². The van der Waals surface area contributed by atoms with Crippen LogP contribution < -0.4 is 9.47 Å². The Kier molecular flexibility index (Phi) is 4.53. The van der Waals surface area contributed by atoms with Crippen molar-refractivity contribution in [1.29, 1.82) is 5.26 Å². The van der Waals surface area contributed by atoms with Gasteiger partial charge in [-0.1, -0.05) is 12.1 Å². The largest absolute Gasteiger partial charge is 0.497 e. The maximum absolute atomic E-state index is 12.8. The highest BCUT2D eigenvalue weighted by Crippen LogP contribution is 2.26. The van der Waals surface area contributed by atoms with Gasteiger partial charge in [-0.05, 0) is 42.0 Å². The highest BCUT2D eigenvalue weighted by molar-refractivity contribution is 6.20. The minimum atomic E-state index is -0.343. The molecule has 5 heteroatoms. The zero-order valence-corrected chi connectivity index (χ0v) is 13.9. The first-order valence-electron chi connectivity index (χ1n) is 7.62. The lowest BCUT2D eigenvalue weighted by Gasteiger charge is -2.03. The summed E-state index contributed by atoms with van der Waals surface area (Å²) >= 11 is 0. The number of hydrogen-bond donors (Lipinski definition) is 1. The molecule has 3 aromatic rings. The van der Waals surface area contributed by atoms with Gasteiger partial charge in [0.15, 0.2) is 0 Å². The Bertz CT molecular complexity index is 1010. The average Bonchev–Trinajstić information content (AvgIpc) is 3.08. The van der Waals surface area contributed by atoms with Gasteiger partial charge in [-0.2, -0.15) is 5.26 Å². The van der Waals surface area contributed by atoms with Crippen molar-refractivity contribution >= 4 is 22.8 Å². The molecule has 124 valence electrons. The molecule has 0 saturated carbocycles. The smallest absolute Gasteiger partial charge is 0.205 e. The number of allylic oxidation sites excluding steroid dienone is 1. The Morgan fingerprint density at radius 2 is 1.88 bits per heavy atom. The highest BCUT2D eigenvalue weighted by Gasteiger charge is 2.17. The molecule has 0 radical (unpaired) electrons. The lowest BCUT2D eigenvalue weighted by Crippen LogP contribution is -2.01. The van der Waals surface area contributed by atoms with Crippen molar-refractivity contribution in [2.24, 2.45) is 0 Å². The number of ether oxygens (including phenoxy) is 2. The fraction of sp³-hybridized carbons (Fsp3) is 0.100. The maximum Gasteiger partial charge on any atom is 0.205 e. The molecule has 3 rings (SSSR count). The molecule has 1 heterocycles. The van der Waals surface area contributed by atoms with Crippen LogP contribution >= 0.6 is 0 Å². The topological polar surface area (TPSA) is 75.1 Å². The number of Topliss-reactive ketones (excluding diaryl/α,β-unsaturated/α-hetero) is 1. The predicted molar refractivity (Wildman–Crippen MR) is 95.8 cm³/mol. The van der Waals surface area contributed by atoms with Crippen molar-refractivity contribution in [3.8, 4) is 17.6 Å². The van der Waals surface area contributed by atoms with E-state index in [9.17, 15) is 10.1 Å². The van der Waals surface area contributed by atoms with E-state index < -0.39 is 0 Å². The molecule has 0 bridgehead atoms. The molecule has 0 aliphatic heterocycles. The number of nitrogens with one attached hydrogen (secondary N) is 1. The SMILES string of the molecule is COc1cccc(C=C(C#N)C(=O)c2c[nH]c3ccc(OC)cc23)c1.